The third-order valence-corrected chi connectivity index (χ3v) is 5.24. The number of carbonyl (C=O) groups is 2. The monoisotopic (exact) mass is 423 g/mol. The number of rotatable bonds is 8. The lowest BCUT2D eigenvalue weighted by molar-refractivity contribution is -0.121. The fourth-order valence-electron chi connectivity index (χ4n) is 2.50. The SMILES string of the molecule is C[C@@H](NC(=O)CCCNC(=O)c1ccc(Cl)cc1)c1ccc(S(N)(=O)=O)cc1. The first kappa shape index (κ1) is 21.9. The Morgan fingerprint density at radius 2 is 1.68 bits per heavy atom. The second-order valence-corrected chi connectivity index (χ2v) is 8.27. The van der Waals surface area contributed by atoms with E-state index in [-0.39, 0.29) is 29.2 Å². The normalized spacial score (nSPS) is 12.2. The van der Waals surface area contributed by atoms with E-state index in [1.165, 1.54) is 12.1 Å². The third-order valence-electron chi connectivity index (χ3n) is 4.06. The summed E-state index contributed by atoms with van der Waals surface area (Å²) in [5.74, 6) is -0.385. The molecule has 0 radical (unpaired) electrons. The van der Waals surface area contributed by atoms with Gasteiger partial charge in [0.1, 0.15) is 0 Å². The molecule has 9 heteroatoms. The second kappa shape index (κ2) is 9.68. The van der Waals surface area contributed by atoms with Crippen LogP contribution in [0.15, 0.2) is 53.4 Å². The summed E-state index contributed by atoms with van der Waals surface area (Å²) in [4.78, 5) is 24.0. The van der Waals surface area contributed by atoms with Gasteiger partial charge < -0.3 is 10.6 Å². The van der Waals surface area contributed by atoms with Crippen molar-refractivity contribution in [1.29, 1.82) is 0 Å². The topological polar surface area (TPSA) is 118 Å². The number of carbonyl (C=O) groups excluding carboxylic acids is 2. The lowest BCUT2D eigenvalue weighted by Crippen LogP contribution is -2.29. The molecule has 0 saturated carbocycles. The number of amides is 2. The molecule has 2 rings (SSSR count). The highest BCUT2D eigenvalue weighted by molar-refractivity contribution is 7.89. The maximum Gasteiger partial charge on any atom is 0.251 e. The molecule has 4 N–H and O–H groups in total. The van der Waals surface area contributed by atoms with Crippen molar-refractivity contribution in [2.24, 2.45) is 5.14 Å². The van der Waals surface area contributed by atoms with Gasteiger partial charge in [-0.25, -0.2) is 13.6 Å². The highest BCUT2D eigenvalue weighted by Crippen LogP contribution is 2.15. The van der Waals surface area contributed by atoms with Gasteiger partial charge in [-0.15, -0.1) is 0 Å². The molecule has 2 aromatic rings. The summed E-state index contributed by atoms with van der Waals surface area (Å²) in [6.07, 6.45) is 0.739. The molecule has 28 heavy (non-hydrogen) atoms. The zero-order valence-corrected chi connectivity index (χ0v) is 16.9. The summed E-state index contributed by atoms with van der Waals surface area (Å²) < 4.78 is 22.5. The first-order valence-corrected chi connectivity index (χ1v) is 10.5. The summed E-state index contributed by atoms with van der Waals surface area (Å²) in [5, 5.41) is 11.2. The van der Waals surface area contributed by atoms with E-state index >= 15 is 0 Å². The van der Waals surface area contributed by atoms with Crippen LogP contribution in [0.3, 0.4) is 0 Å². The fourth-order valence-corrected chi connectivity index (χ4v) is 3.14. The number of hydrogen-bond donors (Lipinski definition) is 3. The van der Waals surface area contributed by atoms with Gasteiger partial charge in [0, 0.05) is 23.6 Å². The summed E-state index contributed by atoms with van der Waals surface area (Å²) in [6, 6.07) is 12.3. The van der Waals surface area contributed by atoms with Gasteiger partial charge in [-0.3, -0.25) is 9.59 Å². The Morgan fingerprint density at radius 1 is 1.07 bits per heavy atom. The summed E-state index contributed by atoms with van der Waals surface area (Å²) >= 11 is 5.78. The Labute approximate surface area is 169 Å². The average molecular weight is 424 g/mol. The molecule has 0 heterocycles. The van der Waals surface area contributed by atoms with E-state index in [1.54, 1.807) is 43.3 Å². The van der Waals surface area contributed by atoms with Crippen LogP contribution >= 0.6 is 11.6 Å². The molecule has 0 aliphatic heterocycles. The molecule has 0 saturated heterocycles. The van der Waals surface area contributed by atoms with Gasteiger partial charge in [-0.2, -0.15) is 0 Å². The number of benzene rings is 2. The van der Waals surface area contributed by atoms with Crippen LogP contribution in [0.1, 0.15) is 41.7 Å². The standard InChI is InChI=1S/C19H22ClN3O4S/c1-13(14-6-10-17(11-7-14)28(21,26)27)23-18(24)3-2-12-22-19(25)15-4-8-16(20)9-5-15/h4-11,13H,2-3,12H2,1H3,(H,22,25)(H,23,24)(H2,21,26,27)/t13-/m1/s1. The van der Waals surface area contributed by atoms with Crippen LogP contribution in [0.25, 0.3) is 0 Å². The van der Waals surface area contributed by atoms with Crippen molar-refractivity contribution in [3.05, 3.63) is 64.7 Å². The van der Waals surface area contributed by atoms with E-state index in [0.717, 1.165) is 5.56 Å². The summed E-state index contributed by atoms with van der Waals surface area (Å²) in [6.45, 7) is 2.17. The van der Waals surface area contributed by atoms with Crippen LogP contribution in [-0.2, 0) is 14.8 Å². The lowest BCUT2D eigenvalue weighted by Gasteiger charge is -2.15. The van der Waals surface area contributed by atoms with Crippen molar-refractivity contribution < 1.29 is 18.0 Å². The summed E-state index contributed by atoms with van der Waals surface area (Å²) in [5.41, 5.74) is 1.27. The molecule has 1 atom stereocenters. The number of hydrogen-bond acceptors (Lipinski definition) is 4. The van der Waals surface area contributed by atoms with Crippen molar-refractivity contribution in [2.45, 2.75) is 30.7 Å². The van der Waals surface area contributed by atoms with Gasteiger partial charge in [0.25, 0.3) is 5.91 Å². The molecule has 0 aliphatic rings. The quantitative estimate of drug-likeness (QED) is 0.564. The van der Waals surface area contributed by atoms with Crippen LogP contribution in [0.5, 0.6) is 0 Å². The van der Waals surface area contributed by atoms with Crippen LogP contribution in [0.4, 0.5) is 0 Å². The number of nitrogens with one attached hydrogen (secondary N) is 2. The van der Waals surface area contributed by atoms with Crippen LogP contribution < -0.4 is 15.8 Å². The Hall–Kier alpha value is -2.42. The van der Waals surface area contributed by atoms with Gasteiger partial charge in [0.15, 0.2) is 0 Å². The van der Waals surface area contributed by atoms with Crippen molar-refractivity contribution in [1.82, 2.24) is 10.6 Å². The smallest absolute Gasteiger partial charge is 0.251 e. The zero-order valence-electron chi connectivity index (χ0n) is 15.3. The second-order valence-electron chi connectivity index (χ2n) is 6.27. The van der Waals surface area contributed by atoms with Crippen LogP contribution in [-0.4, -0.2) is 26.8 Å². The largest absolute Gasteiger partial charge is 0.352 e. The highest BCUT2D eigenvalue weighted by atomic mass is 35.5. The van der Waals surface area contributed by atoms with Crippen LogP contribution in [0.2, 0.25) is 5.02 Å². The first-order valence-electron chi connectivity index (χ1n) is 8.62. The van der Waals surface area contributed by atoms with Gasteiger partial charge in [0.2, 0.25) is 15.9 Å². The van der Waals surface area contributed by atoms with Crippen molar-refractivity contribution >= 4 is 33.4 Å². The molecule has 7 nitrogen and oxygen atoms in total. The number of primary sulfonamides is 1. The minimum atomic E-state index is -3.74. The molecule has 0 aliphatic carbocycles. The average Bonchev–Trinajstić information content (AvgIpc) is 2.65. The maximum atomic E-state index is 12.1. The van der Waals surface area contributed by atoms with Gasteiger partial charge >= 0.3 is 0 Å². The molecule has 2 amide bonds. The Bertz CT molecular complexity index is 929. The Kier molecular flexibility index (Phi) is 7.56. The van der Waals surface area contributed by atoms with Crippen molar-refractivity contribution in [3.8, 4) is 0 Å². The zero-order chi connectivity index (χ0) is 20.7. The molecule has 0 aromatic heterocycles. The molecule has 0 bridgehead atoms. The van der Waals surface area contributed by atoms with E-state index in [0.29, 0.717) is 23.6 Å². The Balaban J connectivity index is 1.74. The van der Waals surface area contributed by atoms with Crippen LogP contribution in [0, 0.1) is 0 Å². The van der Waals surface area contributed by atoms with Gasteiger partial charge in [-0.1, -0.05) is 23.7 Å². The lowest BCUT2D eigenvalue weighted by atomic mass is 10.1. The minimum absolute atomic E-state index is 0.0196. The minimum Gasteiger partial charge on any atom is -0.352 e. The molecule has 0 spiro atoms. The number of halogens is 1. The first-order chi connectivity index (χ1) is 13.2. The highest BCUT2D eigenvalue weighted by Gasteiger charge is 2.12. The third kappa shape index (κ3) is 6.63. The number of nitrogens with two attached hydrogens (primary N) is 1. The molecular weight excluding hydrogens is 402 g/mol. The molecule has 0 fully saturated rings. The van der Waals surface area contributed by atoms with Gasteiger partial charge in [-0.05, 0) is 55.3 Å². The van der Waals surface area contributed by atoms with E-state index in [2.05, 4.69) is 10.6 Å². The van der Waals surface area contributed by atoms with Gasteiger partial charge in [0.05, 0.1) is 10.9 Å². The summed E-state index contributed by atoms with van der Waals surface area (Å²) in [7, 11) is -3.74. The fraction of sp³-hybridized carbons (Fsp3) is 0.263. The van der Waals surface area contributed by atoms with Crippen molar-refractivity contribution in [3.63, 3.8) is 0 Å². The molecule has 0 unspecified atom stereocenters. The maximum absolute atomic E-state index is 12.1. The Morgan fingerprint density at radius 3 is 2.25 bits per heavy atom. The van der Waals surface area contributed by atoms with E-state index in [1.807, 2.05) is 0 Å². The predicted molar refractivity (Wildman–Crippen MR) is 107 cm³/mol. The molecular formula is C19H22ClN3O4S. The molecule has 2 aromatic carbocycles. The molecule has 150 valence electrons. The van der Waals surface area contributed by atoms with Crippen molar-refractivity contribution in [2.75, 3.05) is 6.54 Å². The number of sulfonamides is 1. The predicted octanol–water partition coefficient (Wildman–Crippen LogP) is 2.37. The van der Waals surface area contributed by atoms with E-state index in [4.69, 9.17) is 16.7 Å². The van der Waals surface area contributed by atoms with E-state index < -0.39 is 10.0 Å². The van der Waals surface area contributed by atoms with E-state index in [9.17, 15) is 18.0 Å².